The zero-order valence-electron chi connectivity index (χ0n) is 9.64. The topological polar surface area (TPSA) is 21.3 Å². The molecule has 2 nitrogen and oxygen atoms in total. The first-order chi connectivity index (χ1) is 7.92. The number of nitrogens with one attached hydrogen (secondary N) is 1. The Morgan fingerprint density at radius 3 is 2.41 bits per heavy atom. The first kappa shape index (κ1) is 13.6. The minimum atomic E-state index is -4.39. The van der Waals surface area contributed by atoms with Crippen LogP contribution in [-0.2, 0) is 6.18 Å². The normalized spacial score (nSPS) is 13.2. The molecule has 0 aliphatic carbocycles. The molecule has 1 atom stereocenters. The van der Waals surface area contributed by atoms with Gasteiger partial charge in [0.15, 0.2) is 0 Å². The van der Waals surface area contributed by atoms with Gasteiger partial charge in [-0.2, -0.15) is 13.2 Å². The van der Waals surface area contributed by atoms with Crippen LogP contribution in [-0.4, -0.2) is 14.2 Å². The lowest BCUT2D eigenvalue weighted by Gasteiger charge is -2.16. The summed E-state index contributed by atoms with van der Waals surface area (Å²) in [7, 11) is 2.99. The molecule has 0 saturated carbocycles. The number of hydrogen-bond acceptors (Lipinski definition) is 2. The molecule has 1 rings (SSSR count). The van der Waals surface area contributed by atoms with Crippen LogP contribution >= 0.6 is 0 Å². The van der Waals surface area contributed by atoms with Crippen LogP contribution < -0.4 is 10.1 Å². The summed E-state index contributed by atoms with van der Waals surface area (Å²) in [5.41, 5.74) is -0.261. The van der Waals surface area contributed by atoms with Gasteiger partial charge in [-0.05, 0) is 30.8 Å². The van der Waals surface area contributed by atoms with Crippen molar-refractivity contribution in [3.05, 3.63) is 42.0 Å². The van der Waals surface area contributed by atoms with E-state index in [4.69, 9.17) is 4.74 Å². The van der Waals surface area contributed by atoms with Gasteiger partial charge in [0.25, 0.3) is 0 Å². The second-order valence-electron chi connectivity index (χ2n) is 3.49. The number of ether oxygens (including phenoxy) is 1. The largest absolute Gasteiger partial charge is 0.497 e. The Kier molecular flexibility index (Phi) is 4.17. The number of alkyl halides is 3. The van der Waals surface area contributed by atoms with E-state index >= 15 is 0 Å². The van der Waals surface area contributed by atoms with E-state index in [-0.39, 0.29) is 11.8 Å². The van der Waals surface area contributed by atoms with E-state index in [1.807, 2.05) is 0 Å². The molecule has 0 aliphatic heterocycles. The maximum Gasteiger partial charge on any atom is 0.416 e. The van der Waals surface area contributed by atoms with E-state index in [1.54, 1.807) is 13.1 Å². The van der Waals surface area contributed by atoms with E-state index in [0.29, 0.717) is 5.56 Å². The summed E-state index contributed by atoms with van der Waals surface area (Å²) >= 11 is 0. The molecular weight excluding hydrogens is 231 g/mol. The Morgan fingerprint density at radius 1 is 1.35 bits per heavy atom. The monoisotopic (exact) mass is 245 g/mol. The standard InChI is InChI=1S/C12H14F3NO/c1-4-11(16-2)8-5-9(12(13,14)15)7-10(6-8)17-3/h4-7,11,16H,1H2,2-3H3. The van der Waals surface area contributed by atoms with Crippen molar-refractivity contribution in [2.24, 2.45) is 0 Å². The quantitative estimate of drug-likeness (QED) is 0.823. The fourth-order valence-corrected chi connectivity index (χ4v) is 1.50. The minimum Gasteiger partial charge on any atom is -0.497 e. The summed E-state index contributed by atoms with van der Waals surface area (Å²) in [4.78, 5) is 0. The van der Waals surface area contributed by atoms with Gasteiger partial charge in [0.05, 0.1) is 18.7 Å². The number of likely N-dealkylation sites (N-methyl/N-ethyl adjacent to an activating group) is 1. The SMILES string of the molecule is C=CC(NC)c1cc(OC)cc(C(F)(F)F)c1. The van der Waals surface area contributed by atoms with Crippen LogP contribution in [0.1, 0.15) is 17.2 Å². The zero-order valence-corrected chi connectivity index (χ0v) is 9.64. The van der Waals surface area contributed by atoms with Gasteiger partial charge in [0, 0.05) is 0 Å². The molecule has 0 amide bonds. The molecule has 0 saturated heterocycles. The number of methoxy groups -OCH3 is 1. The van der Waals surface area contributed by atoms with Gasteiger partial charge in [-0.15, -0.1) is 6.58 Å². The molecule has 5 heteroatoms. The third-order valence-corrected chi connectivity index (χ3v) is 2.40. The van der Waals surface area contributed by atoms with Crippen LogP contribution in [0.25, 0.3) is 0 Å². The van der Waals surface area contributed by atoms with Gasteiger partial charge in [0.1, 0.15) is 5.75 Å². The van der Waals surface area contributed by atoms with Crippen LogP contribution in [0.3, 0.4) is 0 Å². The van der Waals surface area contributed by atoms with Crippen molar-refractivity contribution in [1.82, 2.24) is 5.32 Å². The van der Waals surface area contributed by atoms with E-state index in [0.717, 1.165) is 12.1 Å². The highest BCUT2D eigenvalue weighted by Crippen LogP contribution is 2.34. The second kappa shape index (κ2) is 5.23. The Hall–Kier alpha value is -1.49. The van der Waals surface area contributed by atoms with Crippen LogP contribution in [0.5, 0.6) is 5.75 Å². The third kappa shape index (κ3) is 3.23. The lowest BCUT2D eigenvalue weighted by molar-refractivity contribution is -0.137. The fourth-order valence-electron chi connectivity index (χ4n) is 1.50. The van der Waals surface area contributed by atoms with Crippen molar-refractivity contribution in [2.45, 2.75) is 12.2 Å². The van der Waals surface area contributed by atoms with Crippen molar-refractivity contribution in [2.75, 3.05) is 14.2 Å². The zero-order chi connectivity index (χ0) is 13.1. The molecule has 0 aliphatic rings. The van der Waals surface area contributed by atoms with E-state index in [9.17, 15) is 13.2 Å². The average molecular weight is 245 g/mol. The summed E-state index contributed by atoms with van der Waals surface area (Å²) in [6.45, 7) is 3.57. The van der Waals surface area contributed by atoms with E-state index in [2.05, 4.69) is 11.9 Å². The molecule has 0 heterocycles. The number of hydrogen-bond donors (Lipinski definition) is 1. The maximum atomic E-state index is 12.7. The van der Waals surface area contributed by atoms with Gasteiger partial charge in [-0.25, -0.2) is 0 Å². The number of rotatable bonds is 4. The Balaban J connectivity index is 3.27. The van der Waals surface area contributed by atoms with Gasteiger partial charge in [0.2, 0.25) is 0 Å². The average Bonchev–Trinajstić information content (AvgIpc) is 2.29. The molecule has 0 spiro atoms. The maximum absolute atomic E-state index is 12.7. The first-order valence-corrected chi connectivity index (χ1v) is 4.98. The lowest BCUT2D eigenvalue weighted by Crippen LogP contribution is -2.15. The molecule has 0 fully saturated rings. The van der Waals surface area contributed by atoms with Crippen molar-refractivity contribution >= 4 is 0 Å². The molecule has 0 bridgehead atoms. The molecule has 0 aromatic heterocycles. The highest BCUT2D eigenvalue weighted by Gasteiger charge is 2.31. The van der Waals surface area contributed by atoms with E-state index < -0.39 is 11.7 Å². The number of halogens is 3. The van der Waals surface area contributed by atoms with E-state index in [1.165, 1.54) is 13.2 Å². The first-order valence-electron chi connectivity index (χ1n) is 4.98. The minimum absolute atomic E-state index is 0.178. The van der Waals surface area contributed by atoms with Crippen molar-refractivity contribution < 1.29 is 17.9 Å². The van der Waals surface area contributed by atoms with Gasteiger partial charge in [-0.1, -0.05) is 6.08 Å². The summed E-state index contributed by atoms with van der Waals surface area (Å²) in [5.74, 6) is 0.178. The molecule has 0 radical (unpaired) electrons. The molecule has 1 N–H and O–H groups in total. The number of benzene rings is 1. The third-order valence-electron chi connectivity index (χ3n) is 2.40. The Morgan fingerprint density at radius 2 is 2.00 bits per heavy atom. The smallest absolute Gasteiger partial charge is 0.416 e. The van der Waals surface area contributed by atoms with Crippen molar-refractivity contribution in [3.8, 4) is 5.75 Å². The van der Waals surface area contributed by atoms with Crippen molar-refractivity contribution in [1.29, 1.82) is 0 Å². The molecule has 1 aromatic carbocycles. The highest BCUT2D eigenvalue weighted by molar-refractivity contribution is 5.38. The summed E-state index contributed by atoms with van der Waals surface area (Å²) in [5, 5.41) is 2.86. The summed E-state index contributed by atoms with van der Waals surface area (Å²) in [6, 6.07) is 3.27. The fraction of sp³-hybridized carbons (Fsp3) is 0.333. The van der Waals surface area contributed by atoms with Crippen molar-refractivity contribution in [3.63, 3.8) is 0 Å². The summed E-state index contributed by atoms with van der Waals surface area (Å²) < 4.78 is 42.8. The molecule has 1 aromatic rings. The highest BCUT2D eigenvalue weighted by atomic mass is 19.4. The Labute approximate surface area is 98.1 Å². The molecule has 94 valence electrons. The predicted octanol–water partition coefficient (Wildman–Crippen LogP) is 3.16. The van der Waals surface area contributed by atoms with Crippen LogP contribution in [0.15, 0.2) is 30.9 Å². The molecule has 17 heavy (non-hydrogen) atoms. The molecular formula is C12H14F3NO. The van der Waals surface area contributed by atoms with Gasteiger partial charge >= 0.3 is 6.18 Å². The second-order valence-corrected chi connectivity index (χ2v) is 3.49. The van der Waals surface area contributed by atoms with Gasteiger partial charge in [-0.3, -0.25) is 0 Å². The van der Waals surface area contributed by atoms with Gasteiger partial charge < -0.3 is 10.1 Å². The molecule has 1 unspecified atom stereocenters. The predicted molar refractivity (Wildman–Crippen MR) is 60.0 cm³/mol. The van der Waals surface area contributed by atoms with Crippen LogP contribution in [0, 0.1) is 0 Å². The Bertz CT molecular complexity index is 401. The van der Waals surface area contributed by atoms with Crippen LogP contribution in [0.2, 0.25) is 0 Å². The summed E-state index contributed by atoms with van der Waals surface area (Å²) in [6.07, 6.45) is -2.85. The van der Waals surface area contributed by atoms with Crippen LogP contribution in [0.4, 0.5) is 13.2 Å². The lowest BCUT2D eigenvalue weighted by atomic mass is 10.0.